The molecule has 13 nitrogen and oxygen atoms in total. The van der Waals surface area contributed by atoms with E-state index in [1.54, 1.807) is 38.1 Å². The lowest BCUT2D eigenvalue weighted by Crippen LogP contribution is -2.53. The summed E-state index contributed by atoms with van der Waals surface area (Å²) in [7, 11) is 0. The van der Waals surface area contributed by atoms with Gasteiger partial charge in [-0.1, -0.05) is 0 Å². The highest BCUT2D eigenvalue weighted by Gasteiger charge is 2.35. The maximum atomic E-state index is 12.5. The minimum atomic E-state index is -0.700. The standard InChI is InChI=1S/C25H36N6O7/c1-4-36-21(32)14-27-24(34)28-22(26)18-6-8-19(9-7-18)31-16-20(38-25(31)35)15-29-10-12-30(13-11-29)17(3)23(33)37-5-2/h6-9,17,20H,4-5,10-16H2,1-3H3,(H3,26,27,28,34). The van der Waals surface area contributed by atoms with Crippen LogP contribution >= 0.6 is 0 Å². The molecule has 2 unspecified atom stereocenters. The molecule has 2 heterocycles. The Kier molecular flexibility index (Phi) is 10.4. The monoisotopic (exact) mass is 532 g/mol. The lowest BCUT2D eigenvalue weighted by Gasteiger charge is -2.37. The molecular formula is C25H36N6O7. The van der Waals surface area contributed by atoms with Crippen LogP contribution in [0.25, 0.3) is 0 Å². The van der Waals surface area contributed by atoms with Gasteiger partial charge in [0.05, 0.1) is 19.8 Å². The Morgan fingerprint density at radius 1 is 1.08 bits per heavy atom. The lowest BCUT2D eigenvalue weighted by atomic mass is 10.1. The fraction of sp³-hybridized carbons (Fsp3) is 0.560. The molecule has 3 rings (SSSR count). The second kappa shape index (κ2) is 13.7. The molecule has 2 aliphatic rings. The third kappa shape index (κ3) is 7.89. The maximum Gasteiger partial charge on any atom is 0.414 e. The van der Waals surface area contributed by atoms with Crippen LogP contribution in [0.1, 0.15) is 26.3 Å². The van der Waals surface area contributed by atoms with Crippen LogP contribution in [-0.2, 0) is 23.8 Å². The Morgan fingerprint density at radius 3 is 2.37 bits per heavy atom. The Bertz CT molecular complexity index is 1010. The molecule has 0 bridgehead atoms. The van der Waals surface area contributed by atoms with Crippen LogP contribution in [0.15, 0.2) is 24.3 Å². The molecule has 2 saturated heterocycles. The third-order valence-corrected chi connectivity index (χ3v) is 6.32. The van der Waals surface area contributed by atoms with Gasteiger partial charge < -0.3 is 19.5 Å². The molecule has 3 amide bonds. The molecule has 1 aromatic carbocycles. The van der Waals surface area contributed by atoms with Crippen molar-refractivity contribution in [3.63, 3.8) is 0 Å². The second-order valence-corrected chi connectivity index (χ2v) is 8.92. The number of nitrogens with zero attached hydrogens (tertiary/aromatic N) is 3. The van der Waals surface area contributed by atoms with Gasteiger partial charge in [-0.25, -0.2) is 9.59 Å². The third-order valence-electron chi connectivity index (χ3n) is 6.32. The minimum Gasteiger partial charge on any atom is -0.465 e. The van der Waals surface area contributed by atoms with Crippen LogP contribution in [-0.4, -0.2) is 111 Å². The van der Waals surface area contributed by atoms with Crippen molar-refractivity contribution in [1.29, 1.82) is 5.41 Å². The summed E-state index contributed by atoms with van der Waals surface area (Å²) in [6, 6.07) is 5.62. The number of carbonyl (C=O) groups is 4. The molecular weight excluding hydrogens is 496 g/mol. The first-order valence-electron chi connectivity index (χ1n) is 12.7. The Labute approximate surface area is 221 Å². The van der Waals surface area contributed by atoms with Gasteiger partial charge in [-0.2, -0.15) is 0 Å². The van der Waals surface area contributed by atoms with Gasteiger partial charge in [0.2, 0.25) is 0 Å². The maximum absolute atomic E-state index is 12.5. The van der Waals surface area contributed by atoms with E-state index in [1.807, 2.05) is 6.92 Å². The largest absolute Gasteiger partial charge is 0.465 e. The van der Waals surface area contributed by atoms with E-state index in [9.17, 15) is 19.2 Å². The second-order valence-electron chi connectivity index (χ2n) is 8.92. The van der Waals surface area contributed by atoms with Crippen molar-refractivity contribution >= 4 is 35.6 Å². The molecule has 208 valence electrons. The average Bonchev–Trinajstić information content (AvgIpc) is 3.27. The van der Waals surface area contributed by atoms with Crippen LogP contribution in [0, 0.1) is 5.41 Å². The summed E-state index contributed by atoms with van der Waals surface area (Å²) in [6.07, 6.45) is -0.733. The Morgan fingerprint density at radius 2 is 1.74 bits per heavy atom. The minimum absolute atomic E-state index is 0.156. The van der Waals surface area contributed by atoms with E-state index in [0.29, 0.717) is 30.9 Å². The SMILES string of the molecule is CCOC(=O)CNC(=O)NC(=N)c1ccc(N2CC(CN3CCN(C(C)C(=O)OCC)CC3)OC2=O)cc1. The number of amidine groups is 1. The van der Waals surface area contributed by atoms with E-state index in [1.165, 1.54) is 4.90 Å². The first-order valence-corrected chi connectivity index (χ1v) is 12.7. The van der Waals surface area contributed by atoms with Gasteiger partial charge in [-0.05, 0) is 45.0 Å². The van der Waals surface area contributed by atoms with Crippen molar-refractivity contribution < 1.29 is 33.4 Å². The summed E-state index contributed by atoms with van der Waals surface area (Å²) in [5, 5.41) is 12.8. The molecule has 3 N–H and O–H groups in total. The van der Waals surface area contributed by atoms with Gasteiger partial charge in [0, 0.05) is 44.0 Å². The first kappa shape index (κ1) is 28.9. The molecule has 0 saturated carbocycles. The normalized spacial score (nSPS) is 18.9. The summed E-state index contributed by atoms with van der Waals surface area (Å²) in [5.74, 6) is -0.938. The number of nitrogens with one attached hydrogen (secondary N) is 3. The number of rotatable bonds is 10. The van der Waals surface area contributed by atoms with E-state index in [4.69, 9.17) is 19.6 Å². The van der Waals surface area contributed by atoms with Gasteiger partial charge >= 0.3 is 24.1 Å². The van der Waals surface area contributed by atoms with Gasteiger partial charge in [0.15, 0.2) is 0 Å². The van der Waals surface area contributed by atoms with Crippen LogP contribution in [0.4, 0.5) is 15.3 Å². The molecule has 2 aliphatic heterocycles. The number of esters is 2. The van der Waals surface area contributed by atoms with Gasteiger partial charge in [-0.3, -0.25) is 35.0 Å². The van der Waals surface area contributed by atoms with E-state index in [0.717, 1.165) is 26.2 Å². The lowest BCUT2D eigenvalue weighted by molar-refractivity contribution is -0.149. The van der Waals surface area contributed by atoms with Crippen LogP contribution in [0.5, 0.6) is 0 Å². The van der Waals surface area contributed by atoms with Crippen LogP contribution in [0.3, 0.4) is 0 Å². The molecule has 0 radical (unpaired) electrons. The Balaban J connectivity index is 1.45. The summed E-state index contributed by atoms with van der Waals surface area (Å²) in [6.45, 7) is 9.56. The molecule has 0 aliphatic carbocycles. The molecule has 0 aromatic heterocycles. The van der Waals surface area contributed by atoms with E-state index < -0.39 is 18.1 Å². The quantitative estimate of drug-likeness (QED) is 0.172. The number of amides is 3. The van der Waals surface area contributed by atoms with Crippen molar-refractivity contribution in [2.75, 3.05) is 63.9 Å². The highest BCUT2D eigenvalue weighted by molar-refractivity contribution is 6.06. The number of carbonyl (C=O) groups excluding carboxylic acids is 4. The summed E-state index contributed by atoms with van der Waals surface area (Å²) in [4.78, 5) is 53.6. The van der Waals surface area contributed by atoms with Gasteiger partial charge in [0.25, 0.3) is 0 Å². The van der Waals surface area contributed by atoms with Gasteiger partial charge in [0.1, 0.15) is 24.5 Å². The number of hydrogen-bond donors (Lipinski definition) is 3. The molecule has 2 atom stereocenters. The van der Waals surface area contributed by atoms with E-state index in [2.05, 4.69) is 20.4 Å². The topological polar surface area (TPSA) is 154 Å². The molecule has 2 fully saturated rings. The van der Waals surface area contributed by atoms with Crippen molar-refractivity contribution in [3.8, 4) is 0 Å². The molecule has 13 heteroatoms. The Hall–Kier alpha value is -3.71. The zero-order chi connectivity index (χ0) is 27.7. The number of hydrogen-bond acceptors (Lipinski definition) is 10. The highest BCUT2D eigenvalue weighted by atomic mass is 16.6. The van der Waals surface area contributed by atoms with Crippen molar-refractivity contribution in [2.45, 2.75) is 32.9 Å². The molecule has 0 spiro atoms. The zero-order valence-electron chi connectivity index (χ0n) is 22.0. The zero-order valence-corrected chi connectivity index (χ0v) is 22.0. The molecule has 38 heavy (non-hydrogen) atoms. The first-order chi connectivity index (χ1) is 18.2. The van der Waals surface area contributed by atoms with Crippen LogP contribution in [0.2, 0.25) is 0 Å². The summed E-state index contributed by atoms with van der Waals surface area (Å²) < 4.78 is 15.4. The fourth-order valence-electron chi connectivity index (χ4n) is 4.26. The van der Waals surface area contributed by atoms with E-state index >= 15 is 0 Å². The summed E-state index contributed by atoms with van der Waals surface area (Å²) >= 11 is 0. The number of cyclic esters (lactones) is 1. The fourth-order valence-corrected chi connectivity index (χ4v) is 4.26. The number of piperazine rings is 1. The number of benzene rings is 1. The van der Waals surface area contributed by atoms with Gasteiger partial charge in [-0.15, -0.1) is 0 Å². The predicted molar refractivity (Wildman–Crippen MR) is 138 cm³/mol. The van der Waals surface area contributed by atoms with Crippen LogP contribution < -0.4 is 15.5 Å². The predicted octanol–water partition coefficient (Wildman–Crippen LogP) is 0.769. The average molecular weight is 533 g/mol. The number of urea groups is 1. The summed E-state index contributed by atoms with van der Waals surface area (Å²) in [5.41, 5.74) is 1.05. The smallest absolute Gasteiger partial charge is 0.414 e. The van der Waals surface area contributed by atoms with Crippen molar-refractivity contribution in [1.82, 2.24) is 20.4 Å². The van der Waals surface area contributed by atoms with Crippen molar-refractivity contribution in [3.05, 3.63) is 29.8 Å². The molecule has 1 aromatic rings. The van der Waals surface area contributed by atoms with E-state index in [-0.39, 0.29) is 37.1 Å². The number of anilines is 1. The number of ether oxygens (including phenoxy) is 3. The highest BCUT2D eigenvalue weighted by Crippen LogP contribution is 2.23. The van der Waals surface area contributed by atoms with Crippen molar-refractivity contribution in [2.24, 2.45) is 0 Å².